The van der Waals surface area contributed by atoms with Crippen molar-refractivity contribution < 1.29 is 18.7 Å². The number of rotatable bonds is 4. The van der Waals surface area contributed by atoms with Crippen LogP contribution in [0.2, 0.25) is 0 Å². The number of halogens is 1. The molecule has 98 valence electrons. The summed E-state index contributed by atoms with van der Waals surface area (Å²) in [5, 5.41) is 2.47. The second kappa shape index (κ2) is 6.00. The molecule has 1 aromatic carbocycles. The Labute approximate surface area is 104 Å². The number of carbonyl (C=O) groups is 2. The Morgan fingerprint density at radius 3 is 2.67 bits per heavy atom. The molecule has 0 fully saturated rings. The van der Waals surface area contributed by atoms with Gasteiger partial charge in [0.15, 0.2) is 6.61 Å². The van der Waals surface area contributed by atoms with Gasteiger partial charge in [0.25, 0.3) is 5.91 Å². The first kappa shape index (κ1) is 14.0. The summed E-state index contributed by atoms with van der Waals surface area (Å²) in [6.45, 7) is 3.30. The highest BCUT2D eigenvalue weighted by atomic mass is 19.1. The zero-order valence-electron chi connectivity index (χ0n) is 10.2. The van der Waals surface area contributed by atoms with Gasteiger partial charge in [-0.1, -0.05) is 0 Å². The van der Waals surface area contributed by atoms with Gasteiger partial charge in [-0.05, 0) is 26.0 Å². The van der Waals surface area contributed by atoms with E-state index in [0.29, 0.717) is 6.54 Å². The third kappa shape index (κ3) is 3.44. The quantitative estimate of drug-likeness (QED) is 0.620. The molecular formula is C12H15FN2O3. The molecule has 1 amide bonds. The maximum Gasteiger partial charge on any atom is 0.338 e. The van der Waals surface area contributed by atoms with Gasteiger partial charge in [0.05, 0.1) is 5.56 Å². The van der Waals surface area contributed by atoms with E-state index in [1.54, 1.807) is 6.92 Å². The number of ether oxygens (including phenoxy) is 1. The molecule has 0 aliphatic carbocycles. The molecule has 0 saturated heterocycles. The number of amides is 1. The minimum atomic E-state index is -0.785. The van der Waals surface area contributed by atoms with Gasteiger partial charge in [0.1, 0.15) is 5.82 Å². The number of carbonyl (C=O) groups excluding carboxylic acids is 2. The lowest BCUT2D eigenvalue weighted by Crippen LogP contribution is -2.28. The van der Waals surface area contributed by atoms with E-state index in [1.165, 1.54) is 13.0 Å². The molecule has 5 nitrogen and oxygen atoms in total. The Bertz CT molecular complexity index is 451. The first-order chi connectivity index (χ1) is 8.45. The molecule has 0 bridgehead atoms. The molecule has 0 spiro atoms. The van der Waals surface area contributed by atoms with Crippen LogP contribution in [0.15, 0.2) is 12.1 Å². The smallest absolute Gasteiger partial charge is 0.338 e. The van der Waals surface area contributed by atoms with Gasteiger partial charge >= 0.3 is 5.97 Å². The molecule has 0 aromatic heterocycles. The molecule has 0 aliphatic heterocycles. The van der Waals surface area contributed by atoms with Gasteiger partial charge in [-0.3, -0.25) is 4.79 Å². The van der Waals surface area contributed by atoms with Crippen LogP contribution in [0.3, 0.4) is 0 Å². The molecule has 18 heavy (non-hydrogen) atoms. The average Bonchev–Trinajstić information content (AvgIpc) is 2.32. The number of anilines is 1. The van der Waals surface area contributed by atoms with E-state index in [2.05, 4.69) is 5.32 Å². The van der Waals surface area contributed by atoms with Crippen LogP contribution in [0, 0.1) is 12.7 Å². The lowest BCUT2D eigenvalue weighted by molar-refractivity contribution is -0.124. The summed E-state index contributed by atoms with van der Waals surface area (Å²) in [6, 6.07) is 2.35. The van der Waals surface area contributed by atoms with Crippen molar-refractivity contribution in [3.63, 3.8) is 0 Å². The van der Waals surface area contributed by atoms with Crippen LogP contribution in [-0.4, -0.2) is 25.0 Å². The zero-order chi connectivity index (χ0) is 13.7. The largest absolute Gasteiger partial charge is 0.452 e. The summed E-state index contributed by atoms with van der Waals surface area (Å²) in [5.41, 5.74) is 5.96. The van der Waals surface area contributed by atoms with E-state index in [4.69, 9.17) is 10.5 Å². The van der Waals surface area contributed by atoms with Crippen LogP contribution >= 0.6 is 0 Å². The Morgan fingerprint density at radius 2 is 2.11 bits per heavy atom. The lowest BCUT2D eigenvalue weighted by atomic mass is 10.1. The summed E-state index contributed by atoms with van der Waals surface area (Å²) in [7, 11) is 0. The van der Waals surface area contributed by atoms with Crippen molar-refractivity contribution in [2.75, 3.05) is 18.9 Å². The topological polar surface area (TPSA) is 81.4 Å². The molecule has 0 heterocycles. The maximum atomic E-state index is 13.4. The monoisotopic (exact) mass is 254 g/mol. The van der Waals surface area contributed by atoms with Gasteiger partial charge in [0.2, 0.25) is 0 Å². The second-order valence-corrected chi connectivity index (χ2v) is 3.70. The second-order valence-electron chi connectivity index (χ2n) is 3.70. The first-order valence-electron chi connectivity index (χ1n) is 5.45. The molecule has 0 aliphatic rings. The van der Waals surface area contributed by atoms with Gasteiger partial charge in [0, 0.05) is 17.8 Å². The minimum Gasteiger partial charge on any atom is -0.452 e. The van der Waals surface area contributed by atoms with E-state index in [0.717, 1.165) is 6.07 Å². The minimum absolute atomic E-state index is 0.0140. The van der Waals surface area contributed by atoms with Crippen molar-refractivity contribution in [2.24, 2.45) is 0 Å². The number of esters is 1. The zero-order valence-corrected chi connectivity index (χ0v) is 10.2. The normalized spacial score (nSPS) is 9.94. The van der Waals surface area contributed by atoms with Crippen LogP contribution in [0.1, 0.15) is 22.8 Å². The van der Waals surface area contributed by atoms with Gasteiger partial charge < -0.3 is 15.8 Å². The first-order valence-corrected chi connectivity index (χ1v) is 5.45. The van der Waals surface area contributed by atoms with Crippen molar-refractivity contribution in [2.45, 2.75) is 13.8 Å². The predicted octanol–water partition coefficient (Wildman–Crippen LogP) is 1.01. The van der Waals surface area contributed by atoms with Crippen LogP contribution in [-0.2, 0) is 9.53 Å². The third-order valence-electron chi connectivity index (χ3n) is 2.33. The van der Waals surface area contributed by atoms with Crippen molar-refractivity contribution in [1.82, 2.24) is 5.32 Å². The Balaban J connectivity index is 2.70. The lowest BCUT2D eigenvalue weighted by Gasteiger charge is -2.07. The number of hydrogen-bond donors (Lipinski definition) is 2. The van der Waals surface area contributed by atoms with Crippen LogP contribution < -0.4 is 11.1 Å². The van der Waals surface area contributed by atoms with Crippen molar-refractivity contribution in [3.8, 4) is 0 Å². The average molecular weight is 254 g/mol. The summed E-state index contributed by atoms with van der Waals surface area (Å²) in [5.74, 6) is -1.78. The van der Waals surface area contributed by atoms with Crippen molar-refractivity contribution in [3.05, 3.63) is 29.1 Å². The van der Waals surface area contributed by atoms with Crippen LogP contribution in [0.25, 0.3) is 0 Å². The highest BCUT2D eigenvalue weighted by molar-refractivity contribution is 5.92. The van der Waals surface area contributed by atoms with Crippen LogP contribution in [0.5, 0.6) is 0 Å². The van der Waals surface area contributed by atoms with E-state index < -0.39 is 24.3 Å². The van der Waals surface area contributed by atoms with Gasteiger partial charge in [-0.2, -0.15) is 0 Å². The molecule has 1 aromatic rings. The van der Waals surface area contributed by atoms with E-state index in [-0.39, 0.29) is 16.8 Å². The number of nitrogens with one attached hydrogen (secondary N) is 1. The number of nitrogen functional groups attached to an aromatic ring is 1. The predicted molar refractivity (Wildman–Crippen MR) is 64.5 cm³/mol. The number of likely N-dealkylation sites (N-methyl/N-ethyl adjacent to an activating group) is 1. The van der Waals surface area contributed by atoms with Crippen molar-refractivity contribution >= 4 is 17.6 Å². The van der Waals surface area contributed by atoms with Gasteiger partial charge in [-0.25, -0.2) is 9.18 Å². The van der Waals surface area contributed by atoms with Crippen LogP contribution in [0.4, 0.5) is 10.1 Å². The summed E-state index contributed by atoms with van der Waals surface area (Å²) >= 11 is 0. The molecule has 0 saturated carbocycles. The molecule has 0 radical (unpaired) electrons. The molecular weight excluding hydrogens is 239 g/mol. The van der Waals surface area contributed by atoms with E-state index in [9.17, 15) is 14.0 Å². The maximum absolute atomic E-state index is 13.4. The number of nitrogens with two attached hydrogens (primary N) is 1. The Kier molecular flexibility index (Phi) is 4.65. The number of hydrogen-bond acceptors (Lipinski definition) is 4. The summed E-state index contributed by atoms with van der Waals surface area (Å²) in [6.07, 6.45) is 0. The SMILES string of the molecule is CCNC(=O)COC(=O)c1cc(N)c(C)c(F)c1. The molecule has 0 atom stereocenters. The summed E-state index contributed by atoms with van der Waals surface area (Å²) in [4.78, 5) is 22.6. The highest BCUT2D eigenvalue weighted by Gasteiger charge is 2.13. The van der Waals surface area contributed by atoms with E-state index >= 15 is 0 Å². The van der Waals surface area contributed by atoms with Gasteiger partial charge in [-0.15, -0.1) is 0 Å². The fraction of sp³-hybridized carbons (Fsp3) is 0.333. The molecule has 3 N–H and O–H groups in total. The Hall–Kier alpha value is -2.11. The number of benzene rings is 1. The summed E-state index contributed by atoms with van der Waals surface area (Å²) < 4.78 is 18.1. The highest BCUT2D eigenvalue weighted by Crippen LogP contribution is 2.18. The van der Waals surface area contributed by atoms with Crippen molar-refractivity contribution in [1.29, 1.82) is 0 Å². The van der Waals surface area contributed by atoms with E-state index in [1.807, 2.05) is 0 Å². The fourth-order valence-corrected chi connectivity index (χ4v) is 1.28. The molecule has 1 rings (SSSR count). The molecule has 6 heteroatoms. The standard InChI is InChI=1S/C12H15FN2O3/c1-3-15-11(16)6-18-12(17)8-4-9(13)7(2)10(14)5-8/h4-5H,3,6,14H2,1-2H3,(H,15,16). The third-order valence-corrected chi connectivity index (χ3v) is 2.33. The Morgan fingerprint density at radius 1 is 1.44 bits per heavy atom. The fourth-order valence-electron chi connectivity index (χ4n) is 1.28. The molecule has 0 unspecified atom stereocenters.